The first kappa shape index (κ1) is 8.04. The first-order chi connectivity index (χ1) is 5.14. The Morgan fingerprint density at radius 2 is 1.82 bits per heavy atom. The molecule has 1 heterocycles. The van der Waals surface area contributed by atoms with Gasteiger partial charge in [0.1, 0.15) is 11.4 Å². The van der Waals surface area contributed by atoms with Gasteiger partial charge in [-0.2, -0.15) is 4.99 Å². The molecule has 0 bridgehead atoms. The SMILES string of the molecule is CCC1(CC)N=C(N)N=C1N. The summed E-state index contributed by atoms with van der Waals surface area (Å²) >= 11 is 0. The molecule has 0 aliphatic carbocycles. The van der Waals surface area contributed by atoms with Gasteiger partial charge in [-0.25, -0.2) is 4.99 Å². The molecule has 0 saturated heterocycles. The van der Waals surface area contributed by atoms with E-state index in [0.29, 0.717) is 11.8 Å². The normalized spacial score (nSPS) is 21.3. The lowest BCUT2D eigenvalue weighted by molar-refractivity contribution is 0.535. The second-order valence-corrected chi connectivity index (χ2v) is 2.71. The molecule has 0 aromatic rings. The van der Waals surface area contributed by atoms with Crippen LogP contribution in [0.3, 0.4) is 0 Å². The third-order valence-corrected chi connectivity index (χ3v) is 2.21. The zero-order valence-corrected chi connectivity index (χ0v) is 6.96. The number of hydrogen-bond acceptors (Lipinski definition) is 4. The fourth-order valence-corrected chi connectivity index (χ4v) is 1.30. The molecular weight excluding hydrogens is 140 g/mol. The van der Waals surface area contributed by atoms with Crippen molar-refractivity contribution in [2.75, 3.05) is 0 Å². The minimum absolute atomic E-state index is 0.302. The summed E-state index contributed by atoms with van der Waals surface area (Å²) in [4.78, 5) is 8.11. The summed E-state index contributed by atoms with van der Waals surface area (Å²) in [7, 11) is 0. The van der Waals surface area contributed by atoms with Crippen LogP contribution >= 0.6 is 0 Å². The fourth-order valence-electron chi connectivity index (χ4n) is 1.30. The van der Waals surface area contributed by atoms with Gasteiger partial charge in [-0.1, -0.05) is 13.8 Å². The van der Waals surface area contributed by atoms with E-state index in [0.717, 1.165) is 12.8 Å². The van der Waals surface area contributed by atoms with E-state index in [1.165, 1.54) is 0 Å². The summed E-state index contributed by atoms with van der Waals surface area (Å²) in [6.07, 6.45) is 1.72. The van der Waals surface area contributed by atoms with Crippen molar-refractivity contribution in [2.24, 2.45) is 21.5 Å². The van der Waals surface area contributed by atoms with Crippen LogP contribution in [0.2, 0.25) is 0 Å². The Kier molecular flexibility index (Phi) is 1.85. The summed E-state index contributed by atoms with van der Waals surface area (Å²) in [5.41, 5.74) is 10.8. The Labute approximate surface area is 66.4 Å². The van der Waals surface area contributed by atoms with Gasteiger partial charge in [-0.3, -0.25) is 0 Å². The van der Waals surface area contributed by atoms with Crippen LogP contribution in [0, 0.1) is 0 Å². The van der Waals surface area contributed by atoms with E-state index < -0.39 is 0 Å². The Morgan fingerprint density at radius 1 is 1.27 bits per heavy atom. The van der Waals surface area contributed by atoms with E-state index in [-0.39, 0.29) is 5.54 Å². The van der Waals surface area contributed by atoms with Gasteiger partial charge in [-0.15, -0.1) is 0 Å². The molecule has 1 rings (SSSR count). The molecule has 4 nitrogen and oxygen atoms in total. The lowest BCUT2D eigenvalue weighted by atomic mass is 9.93. The third-order valence-electron chi connectivity index (χ3n) is 2.21. The van der Waals surface area contributed by atoms with Crippen LogP contribution in [0.5, 0.6) is 0 Å². The highest BCUT2D eigenvalue weighted by atomic mass is 15.2. The number of aliphatic imine (C=N–C) groups is 2. The molecule has 0 aromatic carbocycles. The van der Waals surface area contributed by atoms with Crippen LogP contribution in [-0.4, -0.2) is 17.3 Å². The second-order valence-electron chi connectivity index (χ2n) is 2.71. The minimum Gasteiger partial charge on any atom is -0.385 e. The van der Waals surface area contributed by atoms with Crippen molar-refractivity contribution >= 4 is 11.8 Å². The Balaban J connectivity index is 2.96. The highest BCUT2D eigenvalue weighted by Crippen LogP contribution is 2.24. The Bertz CT molecular complexity index is 212. The molecule has 4 heteroatoms. The maximum atomic E-state index is 5.68. The maximum Gasteiger partial charge on any atom is 0.218 e. The Hall–Kier alpha value is -1.06. The van der Waals surface area contributed by atoms with Crippen LogP contribution in [0.15, 0.2) is 9.98 Å². The van der Waals surface area contributed by atoms with Gasteiger partial charge in [0.25, 0.3) is 0 Å². The molecule has 0 radical (unpaired) electrons. The highest BCUT2D eigenvalue weighted by molar-refractivity contribution is 6.05. The standard InChI is InChI=1S/C7H14N4/c1-3-7(4-2)5(8)10-6(9)11-7/h3-4H2,1-2H3,(H4,8,9,10,11). The van der Waals surface area contributed by atoms with E-state index in [1.54, 1.807) is 0 Å². The molecule has 0 fully saturated rings. The minimum atomic E-state index is -0.302. The number of nitrogens with two attached hydrogens (primary N) is 2. The van der Waals surface area contributed by atoms with E-state index in [9.17, 15) is 0 Å². The summed E-state index contributed by atoms with van der Waals surface area (Å²) in [6.45, 7) is 4.07. The summed E-state index contributed by atoms with van der Waals surface area (Å²) in [6, 6.07) is 0. The van der Waals surface area contributed by atoms with Gasteiger partial charge in [0.2, 0.25) is 5.96 Å². The van der Waals surface area contributed by atoms with Crippen LogP contribution in [0.1, 0.15) is 26.7 Å². The number of hydrogen-bond donors (Lipinski definition) is 2. The molecule has 11 heavy (non-hydrogen) atoms. The lowest BCUT2D eigenvalue weighted by Gasteiger charge is -2.21. The van der Waals surface area contributed by atoms with Crippen molar-refractivity contribution in [3.05, 3.63) is 0 Å². The van der Waals surface area contributed by atoms with E-state index >= 15 is 0 Å². The first-order valence-electron chi connectivity index (χ1n) is 3.84. The number of nitrogens with zero attached hydrogens (tertiary/aromatic N) is 2. The second kappa shape index (κ2) is 2.53. The van der Waals surface area contributed by atoms with Crippen molar-refractivity contribution in [1.82, 2.24) is 0 Å². The predicted molar refractivity (Wildman–Crippen MR) is 46.6 cm³/mol. The fraction of sp³-hybridized carbons (Fsp3) is 0.714. The molecule has 0 spiro atoms. The van der Waals surface area contributed by atoms with E-state index in [2.05, 4.69) is 9.98 Å². The third kappa shape index (κ3) is 1.08. The summed E-state index contributed by atoms with van der Waals surface area (Å²) in [5, 5.41) is 0. The molecule has 0 saturated carbocycles. The smallest absolute Gasteiger partial charge is 0.218 e. The van der Waals surface area contributed by atoms with Crippen molar-refractivity contribution < 1.29 is 0 Å². The van der Waals surface area contributed by atoms with Crippen molar-refractivity contribution in [3.63, 3.8) is 0 Å². The average molecular weight is 154 g/mol. The molecule has 4 N–H and O–H groups in total. The van der Waals surface area contributed by atoms with Gasteiger partial charge in [0.05, 0.1) is 0 Å². The van der Waals surface area contributed by atoms with Gasteiger partial charge < -0.3 is 11.5 Å². The molecule has 0 atom stereocenters. The zero-order chi connectivity index (χ0) is 8.48. The highest BCUT2D eigenvalue weighted by Gasteiger charge is 2.34. The number of rotatable bonds is 2. The maximum absolute atomic E-state index is 5.68. The molecule has 1 aliphatic rings. The van der Waals surface area contributed by atoms with Gasteiger partial charge in [0, 0.05) is 0 Å². The first-order valence-corrected chi connectivity index (χ1v) is 3.84. The van der Waals surface area contributed by atoms with Crippen molar-refractivity contribution in [3.8, 4) is 0 Å². The monoisotopic (exact) mass is 154 g/mol. The van der Waals surface area contributed by atoms with Gasteiger partial charge in [0.15, 0.2) is 0 Å². The largest absolute Gasteiger partial charge is 0.385 e. The molecule has 0 aromatic heterocycles. The number of guanidine groups is 1. The summed E-state index contributed by atoms with van der Waals surface area (Å²) in [5.74, 6) is 0.867. The van der Waals surface area contributed by atoms with Crippen LogP contribution < -0.4 is 11.5 Å². The van der Waals surface area contributed by atoms with Gasteiger partial charge in [-0.05, 0) is 12.8 Å². The van der Waals surface area contributed by atoms with Crippen LogP contribution in [0.25, 0.3) is 0 Å². The van der Waals surface area contributed by atoms with Crippen LogP contribution in [-0.2, 0) is 0 Å². The number of amidine groups is 1. The molecule has 0 amide bonds. The van der Waals surface area contributed by atoms with Gasteiger partial charge >= 0.3 is 0 Å². The predicted octanol–water partition coefficient (Wildman–Crippen LogP) is 0.231. The summed E-state index contributed by atoms with van der Waals surface area (Å²) < 4.78 is 0. The molecule has 1 aliphatic heterocycles. The molecular formula is C7H14N4. The topological polar surface area (TPSA) is 76.8 Å². The lowest BCUT2D eigenvalue weighted by Crippen LogP contribution is -2.38. The average Bonchev–Trinajstić information content (AvgIpc) is 2.27. The Morgan fingerprint density at radius 3 is 2.00 bits per heavy atom. The molecule has 0 unspecified atom stereocenters. The van der Waals surface area contributed by atoms with E-state index in [1.807, 2.05) is 13.8 Å². The molecule has 62 valence electrons. The van der Waals surface area contributed by atoms with Crippen molar-refractivity contribution in [2.45, 2.75) is 32.2 Å². The quantitative estimate of drug-likeness (QED) is 0.597. The van der Waals surface area contributed by atoms with E-state index in [4.69, 9.17) is 11.5 Å². The zero-order valence-electron chi connectivity index (χ0n) is 6.96. The van der Waals surface area contributed by atoms with Crippen molar-refractivity contribution in [1.29, 1.82) is 0 Å². The van der Waals surface area contributed by atoms with Crippen LogP contribution in [0.4, 0.5) is 0 Å².